The van der Waals surface area contributed by atoms with Crippen molar-refractivity contribution in [1.82, 2.24) is 4.90 Å². The Balaban J connectivity index is 1.72. The molecule has 1 aliphatic rings. The third-order valence-electron chi connectivity index (χ3n) is 5.39. The van der Waals surface area contributed by atoms with E-state index >= 15 is 0 Å². The number of carbonyl (C=O) groups excluding carboxylic acids is 1. The van der Waals surface area contributed by atoms with Gasteiger partial charge < -0.3 is 4.42 Å². The first-order valence-electron chi connectivity index (χ1n) is 9.36. The van der Waals surface area contributed by atoms with Crippen LogP contribution in [0.25, 0.3) is 27.5 Å². The van der Waals surface area contributed by atoms with Crippen molar-refractivity contribution in [2.24, 2.45) is 0 Å². The van der Waals surface area contributed by atoms with Crippen LogP contribution in [0.15, 0.2) is 82.9 Å². The first-order chi connectivity index (χ1) is 14.1. The number of hydrogen-bond acceptors (Lipinski definition) is 3. The number of rotatable bonds is 2. The highest BCUT2D eigenvalue weighted by atomic mass is 32.1. The molecule has 2 heterocycles. The van der Waals surface area contributed by atoms with E-state index in [4.69, 9.17) is 16.6 Å². The second kappa shape index (κ2) is 6.57. The van der Waals surface area contributed by atoms with Crippen molar-refractivity contribution in [2.45, 2.75) is 6.92 Å². The molecule has 1 saturated heterocycles. The number of hydrogen-bond donors (Lipinski definition) is 0. The molecule has 142 valence electrons. The summed E-state index contributed by atoms with van der Waals surface area (Å²) in [7, 11) is 1.72. The van der Waals surface area contributed by atoms with E-state index in [2.05, 4.69) is 6.07 Å². The maximum absolute atomic E-state index is 13.1. The lowest BCUT2D eigenvalue weighted by Gasteiger charge is -2.20. The molecule has 4 aromatic rings. The van der Waals surface area contributed by atoms with Gasteiger partial charge in [-0.3, -0.25) is 14.6 Å². The molecule has 4 nitrogen and oxygen atoms in total. The molecule has 0 spiro atoms. The number of carbonyl (C=O) groups is 1. The largest absolute Gasteiger partial charge is 0.456 e. The minimum Gasteiger partial charge on any atom is -0.456 e. The highest BCUT2D eigenvalue weighted by molar-refractivity contribution is 7.80. The molecular formula is C24H18N2O2S. The van der Waals surface area contributed by atoms with Gasteiger partial charge in [-0.15, -0.1) is 0 Å². The molecule has 5 heteroatoms. The lowest BCUT2D eigenvalue weighted by molar-refractivity contribution is -0.121. The van der Waals surface area contributed by atoms with Crippen LogP contribution in [0.3, 0.4) is 0 Å². The van der Waals surface area contributed by atoms with Crippen molar-refractivity contribution in [1.29, 1.82) is 0 Å². The zero-order valence-electron chi connectivity index (χ0n) is 16.0. The Morgan fingerprint density at radius 3 is 2.38 bits per heavy atom. The van der Waals surface area contributed by atoms with Gasteiger partial charge in [0.2, 0.25) is 0 Å². The van der Waals surface area contributed by atoms with E-state index in [9.17, 15) is 4.79 Å². The van der Waals surface area contributed by atoms with Crippen LogP contribution in [0.4, 0.5) is 5.69 Å². The Morgan fingerprint density at radius 2 is 1.59 bits per heavy atom. The minimum absolute atomic E-state index is 0.103. The summed E-state index contributed by atoms with van der Waals surface area (Å²) in [6.45, 7) is 1.97. The highest BCUT2D eigenvalue weighted by Gasteiger charge is 2.38. The van der Waals surface area contributed by atoms with E-state index < -0.39 is 0 Å². The van der Waals surface area contributed by atoms with Gasteiger partial charge in [-0.1, -0.05) is 42.5 Å². The minimum atomic E-state index is -0.103. The van der Waals surface area contributed by atoms with Crippen LogP contribution in [0.2, 0.25) is 0 Å². The van der Waals surface area contributed by atoms with Gasteiger partial charge in [0, 0.05) is 23.5 Å². The Kier molecular flexibility index (Phi) is 4.00. The van der Waals surface area contributed by atoms with E-state index in [1.165, 1.54) is 4.90 Å². The van der Waals surface area contributed by atoms with Crippen LogP contribution in [-0.2, 0) is 4.79 Å². The SMILES string of the molecule is C/C(=C1/C(=O)N(C)C(=S)N1c1ccccc1)c1ccc2oc3ccccc3c2c1. The Bertz CT molecular complexity index is 1320. The Labute approximate surface area is 173 Å². The number of furan rings is 1. The van der Waals surface area contributed by atoms with Crippen molar-refractivity contribution in [3.8, 4) is 0 Å². The second-order valence-corrected chi connectivity index (χ2v) is 7.47. The summed E-state index contributed by atoms with van der Waals surface area (Å²) in [6, 6.07) is 23.8. The van der Waals surface area contributed by atoms with Gasteiger partial charge in [0.15, 0.2) is 5.11 Å². The van der Waals surface area contributed by atoms with E-state index in [1.807, 2.05) is 78.6 Å². The van der Waals surface area contributed by atoms with Crippen LogP contribution in [-0.4, -0.2) is 23.0 Å². The average molecular weight is 398 g/mol. The smallest absolute Gasteiger partial charge is 0.277 e. The fourth-order valence-electron chi connectivity index (χ4n) is 3.83. The van der Waals surface area contributed by atoms with Crippen molar-refractivity contribution in [3.63, 3.8) is 0 Å². The molecule has 5 rings (SSSR count). The summed E-state index contributed by atoms with van der Waals surface area (Å²) in [5.41, 5.74) is 4.98. The molecule has 1 fully saturated rings. The number of fused-ring (bicyclic) bond motifs is 3. The van der Waals surface area contributed by atoms with Crippen molar-refractivity contribution in [3.05, 3.63) is 84.1 Å². The van der Waals surface area contributed by atoms with Crippen molar-refractivity contribution in [2.75, 3.05) is 11.9 Å². The third kappa shape index (κ3) is 2.66. The summed E-state index contributed by atoms with van der Waals surface area (Å²) in [6.07, 6.45) is 0. The average Bonchev–Trinajstić information content (AvgIpc) is 3.23. The van der Waals surface area contributed by atoms with Gasteiger partial charge in [-0.25, -0.2) is 0 Å². The van der Waals surface area contributed by atoms with Crippen LogP contribution in [0.1, 0.15) is 12.5 Å². The number of anilines is 1. The quantitative estimate of drug-likeness (QED) is 0.326. The summed E-state index contributed by atoms with van der Waals surface area (Å²) in [4.78, 5) is 16.4. The van der Waals surface area contributed by atoms with Gasteiger partial charge in [0.1, 0.15) is 16.9 Å². The third-order valence-corrected chi connectivity index (χ3v) is 5.84. The van der Waals surface area contributed by atoms with Gasteiger partial charge in [-0.05, 0) is 60.6 Å². The molecule has 1 aromatic heterocycles. The van der Waals surface area contributed by atoms with Crippen LogP contribution in [0, 0.1) is 0 Å². The molecule has 0 atom stereocenters. The Hall–Kier alpha value is -3.44. The number of likely N-dealkylation sites (N-methyl/N-ethyl adjacent to an activating group) is 1. The monoisotopic (exact) mass is 398 g/mol. The fraction of sp³-hybridized carbons (Fsp3) is 0.0833. The van der Waals surface area contributed by atoms with E-state index in [0.29, 0.717) is 10.8 Å². The zero-order valence-corrected chi connectivity index (χ0v) is 16.9. The molecular weight excluding hydrogens is 380 g/mol. The zero-order chi connectivity index (χ0) is 20.1. The number of benzene rings is 3. The van der Waals surface area contributed by atoms with Gasteiger partial charge in [0.05, 0.1) is 0 Å². The van der Waals surface area contributed by atoms with E-state index in [1.54, 1.807) is 7.05 Å². The van der Waals surface area contributed by atoms with E-state index in [-0.39, 0.29) is 5.91 Å². The molecule has 0 aliphatic carbocycles. The lowest BCUT2D eigenvalue weighted by atomic mass is 10.0. The molecule has 3 aromatic carbocycles. The summed E-state index contributed by atoms with van der Waals surface area (Å²) < 4.78 is 5.94. The summed E-state index contributed by atoms with van der Waals surface area (Å²) in [5, 5.41) is 2.57. The van der Waals surface area contributed by atoms with Crippen molar-refractivity contribution < 1.29 is 9.21 Å². The highest BCUT2D eigenvalue weighted by Crippen LogP contribution is 2.35. The van der Waals surface area contributed by atoms with Crippen LogP contribution < -0.4 is 4.90 Å². The van der Waals surface area contributed by atoms with Gasteiger partial charge >= 0.3 is 0 Å². The number of nitrogens with zero attached hydrogens (tertiary/aromatic N) is 2. The van der Waals surface area contributed by atoms with Gasteiger partial charge in [-0.2, -0.15) is 0 Å². The maximum Gasteiger partial charge on any atom is 0.277 e. The summed E-state index contributed by atoms with van der Waals surface area (Å²) >= 11 is 5.58. The number of para-hydroxylation sites is 2. The topological polar surface area (TPSA) is 36.7 Å². The Morgan fingerprint density at radius 1 is 0.897 bits per heavy atom. The maximum atomic E-state index is 13.1. The molecule has 0 unspecified atom stereocenters. The first-order valence-corrected chi connectivity index (χ1v) is 9.77. The molecule has 1 amide bonds. The molecule has 29 heavy (non-hydrogen) atoms. The molecule has 0 saturated carbocycles. The normalized spacial score (nSPS) is 16.3. The lowest BCUT2D eigenvalue weighted by Crippen LogP contribution is -2.29. The van der Waals surface area contributed by atoms with E-state index in [0.717, 1.165) is 38.8 Å². The standard InChI is InChI=1S/C24H18N2O2S/c1-15(16-12-13-21-19(14-16)18-10-6-7-11-20(18)28-21)22-23(27)25(2)24(29)26(22)17-8-4-3-5-9-17/h3-14H,1-2H3/b22-15+. The first kappa shape index (κ1) is 17.6. The second-order valence-electron chi connectivity index (χ2n) is 7.10. The molecule has 0 bridgehead atoms. The molecule has 1 aliphatic heterocycles. The predicted octanol–water partition coefficient (Wildman–Crippen LogP) is 5.58. The van der Waals surface area contributed by atoms with Crippen LogP contribution in [0.5, 0.6) is 0 Å². The van der Waals surface area contributed by atoms with Crippen LogP contribution >= 0.6 is 12.2 Å². The number of amides is 1. The van der Waals surface area contributed by atoms with Crippen molar-refractivity contribution >= 4 is 56.4 Å². The molecule has 0 radical (unpaired) electrons. The fourth-order valence-corrected chi connectivity index (χ4v) is 4.11. The number of thiocarbonyl (C=S) groups is 1. The van der Waals surface area contributed by atoms with Gasteiger partial charge in [0.25, 0.3) is 5.91 Å². The number of allylic oxidation sites excluding steroid dienone is 1. The molecule has 0 N–H and O–H groups in total. The predicted molar refractivity (Wildman–Crippen MR) is 121 cm³/mol. The summed E-state index contributed by atoms with van der Waals surface area (Å²) in [5.74, 6) is -0.103.